The van der Waals surface area contributed by atoms with Crippen molar-refractivity contribution >= 4 is 34.8 Å². The maximum Gasteiger partial charge on any atom is 0.129 e. The molecule has 0 spiro atoms. The van der Waals surface area contributed by atoms with Gasteiger partial charge in [0.25, 0.3) is 0 Å². The highest BCUT2D eigenvalue weighted by Crippen LogP contribution is 2.08. The summed E-state index contributed by atoms with van der Waals surface area (Å²) in [5.41, 5.74) is 0.995. The number of nitrogens with zero attached hydrogens (tertiary/aromatic N) is 2. The van der Waals surface area contributed by atoms with E-state index in [0.717, 1.165) is 5.69 Å². The lowest BCUT2D eigenvalue weighted by Crippen LogP contribution is -1.75. The Morgan fingerprint density at radius 2 is 1.38 bits per heavy atom. The van der Waals surface area contributed by atoms with Gasteiger partial charge < -0.3 is 0 Å². The second kappa shape index (κ2) is 6.69. The molecule has 2 rings (SSSR count). The Morgan fingerprint density at radius 3 is 1.69 bits per heavy atom. The van der Waals surface area contributed by atoms with E-state index in [4.69, 9.17) is 34.8 Å². The fourth-order valence-corrected chi connectivity index (χ4v) is 1.14. The number of pyridine rings is 2. The zero-order valence-electron chi connectivity index (χ0n) is 8.49. The van der Waals surface area contributed by atoms with Gasteiger partial charge in [-0.05, 0) is 31.2 Å². The van der Waals surface area contributed by atoms with Crippen LogP contribution < -0.4 is 0 Å². The Hall–Kier alpha value is -0.830. The molecule has 0 atom stereocenters. The first kappa shape index (κ1) is 13.2. The quantitative estimate of drug-likeness (QED) is 0.665. The Kier molecular flexibility index (Phi) is 5.53. The Labute approximate surface area is 109 Å². The van der Waals surface area contributed by atoms with E-state index >= 15 is 0 Å². The van der Waals surface area contributed by atoms with Gasteiger partial charge in [0.2, 0.25) is 0 Å². The Bertz CT molecular complexity index is 340. The van der Waals surface area contributed by atoms with Crippen molar-refractivity contribution in [3.63, 3.8) is 0 Å². The van der Waals surface area contributed by atoms with E-state index in [1.807, 2.05) is 19.1 Å². The summed E-state index contributed by atoms with van der Waals surface area (Å²) in [7, 11) is 0. The van der Waals surface area contributed by atoms with Crippen molar-refractivity contribution in [1.82, 2.24) is 9.97 Å². The minimum atomic E-state index is 0.467. The molecule has 84 valence electrons. The summed E-state index contributed by atoms with van der Waals surface area (Å²) in [6.45, 7) is 1.93. The van der Waals surface area contributed by atoms with Crippen molar-refractivity contribution < 1.29 is 0 Å². The predicted octanol–water partition coefficient (Wildman–Crippen LogP) is 4.43. The topological polar surface area (TPSA) is 25.8 Å². The molecule has 2 heterocycles. The second-order valence-electron chi connectivity index (χ2n) is 2.92. The molecule has 2 nitrogen and oxygen atoms in total. The molecular formula is C11H9Cl3N2. The van der Waals surface area contributed by atoms with E-state index in [2.05, 4.69) is 9.97 Å². The molecule has 0 amide bonds. The van der Waals surface area contributed by atoms with E-state index in [9.17, 15) is 0 Å². The van der Waals surface area contributed by atoms with Gasteiger partial charge in [-0.3, -0.25) is 4.98 Å². The lowest BCUT2D eigenvalue weighted by molar-refractivity contribution is 1.20. The van der Waals surface area contributed by atoms with Gasteiger partial charge in [0.05, 0.1) is 10.0 Å². The van der Waals surface area contributed by atoms with Crippen molar-refractivity contribution in [3.8, 4) is 0 Å². The molecule has 0 radical (unpaired) electrons. The lowest BCUT2D eigenvalue weighted by atomic mass is 10.4. The minimum absolute atomic E-state index is 0.467. The normalized spacial score (nSPS) is 9.25. The number of halogens is 3. The second-order valence-corrected chi connectivity index (χ2v) is 4.18. The molecule has 0 bridgehead atoms. The first-order valence-electron chi connectivity index (χ1n) is 4.43. The van der Waals surface area contributed by atoms with Crippen molar-refractivity contribution in [3.05, 3.63) is 57.6 Å². The van der Waals surface area contributed by atoms with Crippen LogP contribution in [0.4, 0.5) is 0 Å². The average molecular weight is 276 g/mol. The molecule has 5 heteroatoms. The summed E-state index contributed by atoms with van der Waals surface area (Å²) < 4.78 is 0. The SMILES string of the molecule is Cc1ccc(Cl)cn1.Clc1ccc(Cl)nc1. The molecule has 0 aliphatic rings. The van der Waals surface area contributed by atoms with Crippen LogP contribution in [0, 0.1) is 6.92 Å². The van der Waals surface area contributed by atoms with Crippen molar-refractivity contribution in [2.45, 2.75) is 6.92 Å². The van der Waals surface area contributed by atoms with Gasteiger partial charge in [0, 0.05) is 18.1 Å². The molecule has 16 heavy (non-hydrogen) atoms. The first-order valence-corrected chi connectivity index (χ1v) is 5.56. The standard InChI is InChI=1S/C6H6ClN.C5H3Cl2N/c1-5-2-3-6(7)4-8-5;6-4-1-2-5(7)8-3-4/h2-4H,1H3;1-3H. The van der Waals surface area contributed by atoms with Crippen molar-refractivity contribution in [2.24, 2.45) is 0 Å². The largest absolute Gasteiger partial charge is 0.260 e. The molecule has 0 saturated heterocycles. The predicted molar refractivity (Wildman–Crippen MR) is 68.2 cm³/mol. The van der Waals surface area contributed by atoms with E-state index in [-0.39, 0.29) is 0 Å². The fraction of sp³-hybridized carbons (Fsp3) is 0.0909. The van der Waals surface area contributed by atoms with Crippen LogP contribution in [-0.4, -0.2) is 9.97 Å². The maximum absolute atomic E-state index is 5.55. The number of aryl methyl sites for hydroxylation is 1. The molecular weight excluding hydrogens is 266 g/mol. The average Bonchev–Trinajstić information content (AvgIpc) is 2.28. The molecule has 0 unspecified atom stereocenters. The first-order chi connectivity index (χ1) is 7.58. The van der Waals surface area contributed by atoms with Crippen LogP contribution in [0.5, 0.6) is 0 Å². The molecule has 0 saturated carbocycles. The van der Waals surface area contributed by atoms with E-state index in [1.54, 1.807) is 18.3 Å². The molecule has 0 aliphatic heterocycles. The summed E-state index contributed by atoms with van der Waals surface area (Å²) in [6, 6.07) is 7.03. The van der Waals surface area contributed by atoms with E-state index < -0.39 is 0 Å². The van der Waals surface area contributed by atoms with Gasteiger partial charge in [0.1, 0.15) is 5.15 Å². The smallest absolute Gasteiger partial charge is 0.129 e. The van der Waals surface area contributed by atoms with Gasteiger partial charge in [-0.2, -0.15) is 0 Å². The van der Waals surface area contributed by atoms with Crippen LogP contribution in [0.2, 0.25) is 15.2 Å². The van der Waals surface area contributed by atoms with Crippen LogP contribution in [0.25, 0.3) is 0 Å². The van der Waals surface area contributed by atoms with Gasteiger partial charge >= 0.3 is 0 Å². The van der Waals surface area contributed by atoms with Gasteiger partial charge in [-0.25, -0.2) is 4.98 Å². The van der Waals surface area contributed by atoms with Crippen LogP contribution in [0.3, 0.4) is 0 Å². The summed E-state index contributed by atoms with van der Waals surface area (Å²) in [4.78, 5) is 7.66. The third kappa shape index (κ3) is 5.31. The van der Waals surface area contributed by atoms with E-state index in [1.165, 1.54) is 6.20 Å². The molecule has 2 aromatic heterocycles. The lowest BCUT2D eigenvalue weighted by Gasteiger charge is -1.87. The molecule has 2 aromatic rings. The van der Waals surface area contributed by atoms with Gasteiger partial charge in [-0.15, -0.1) is 0 Å². The number of aromatic nitrogens is 2. The molecule has 0 aromatic carbocycles. The van der Waals surface area contributed by atoms with E-state index in [0.29, 0.717) is 15.2 Å². The number of hydrogen-bond acceptors (Lipinski definition) is 2. The molecule has 0 fully saturated rings. The summed E-state index contributed by atoms with van der Waals surface area (Å²) >= 11 is 16.5. The van der Waals surface area contributed by atoms with Crippen molar-refractivity contribution in [2.75, 3.05) is 0 Å². The Morgan fingerprint density at radius 1 is 0.812 bits per heavy atom. The zero-order valence-corrected chi connectivity index (χ0v) is 10.8. The van der Waals surface area contributed by atoms with Crippen LogP contribution in [0.15, 0.2) is 36.7 Å². The number of hydrogen-bond donors (Lipinski definition) is 0. The van der Waals surface area contributed by atoms with Crippen LogP contribution in [0.1, 0.15) is 5.69 Å². The summed E-state index contributed by atoms with van der Waals surface area (Å²) in [5.74, 6) is 0. The summed E-state index contributed by atoms with van der Waals surface area (Å²) in [5, 5.41) is 1.76. The van der Waals surface area contributed by atoms with Crippen LogP contribution in [-0.2, 0) is 0 Å². The zero-order chi connectivity index (χ0) is 12.0. The Balaban J connectivity index is 0.000000160. The monoisotopic (exact) mass is 274 g/mol. The highest BCUT2D eigenvalue weighted by Gasteiger charge is 1.85. The third-order valence-corrected chi connectivity index (χ3v) is 2.24. The molecule has 0 N–H and O–H groups in total. The number of rotatable bonds is 0. The highest BCUT2D eigenvalue weighted by atomic mass is 35.5. The van der Waals surface area contributed by atoms with Gasteiger partial charge in [-0.1, -0.05) is 34.8 Å². The van der Waals surface area contributed by atoms with Crippen LogP contribution >= 0.6 is 34.8 Å². The summed E-state index contributed by atoms with van der Waals surface area (Å²) in [6.07, 6.45) is 3.14. The highest BCUT2D eigenvalue weighted by molar-refractivity contribution is 6.32. The fourth-order valence-electron chi connectivity index (χ4n) is 0.808. The van der Waals surface area contributed by atoms with Crippen molar-refractivity contribution in [1.29, 1.82) is 0 Å². The van der Waals surface area contributed by atoms with Gasteiger partial charge in [0.15, 0.2) is 0 Å². The maximum atomic E-state index is 5.55. The minimum Gasteiger partial charge on any atom is -0.260 e. The molecule has 0 aliphatic carbocycles. The third-order valence-electron chi connectivity index (χ3n) is 1.57.